The largest absolute Gasteiger partial charge is 0.468 e. The third-order valence-corrected chi connectivity index (χ3v) is 3.51. The molecule has 0 aliphatic carbocycles. The van der Waals surface area contributed by atoms with E-state index in [-0.39, 0.29) is 6.61 Å². The van der Waals surface area contributed by atoms with Gasteiger partial charge >= 0.3 is 0 Å². The van der Waals surface area contributed by atoms with E-state index in [9.17, 15) is 4.79 Å². The van der Waals surface area contributed by atoms with Crippen LogP contribution in [-0.4, -0.2) is 49.3 Å². The Kier molecular flexibility index (Phi) is 15.9. The van der Waals surface area contributed by atoms with Crippen LogP contribution in [0.4, 0.5) is 0 Å². The maximum atomic E-state index is 9.98. The van der Waals surface area contributed by atoms with E-state index in [4.69, 9.17) is 5.11 Å². The monoisotopic (exact) mass is 287 g/mol. The molecule has 0 amide bonds. The van der Waals surface area contributed by atoms with Crippen molar-refractivity contribution in [2.45, 2.75) is 64.7 Å². The van der Waals surface area contributed by atoms with Crippen molar-refractivity contribution >= 4 is 6.47 Å². The van der Waals surface area contributed by atoms with Crippen LogP contribution in [0, 0.1) is 0 Å². The number of rotatable bonds is 16. The molecule has 4 nitrogen and oxygen atoms in total. The summed E-state index contributed by atoms with van der Waals surface area (Å²) in [6, 6.07) is 0. The van der Waals surface area contributed by atoms with Crippen molar-refractivity contribution in [1.29, 1.82) is 0 Å². The summed E-state index contributed by atoms with van der Waals surface area (Å²) in [7, 11) is 0. The first kappa shape index (κ1) is 19.4. The van der Waals surface area contributed by atoms with Crippen molar-refractivity contribution in [3.63, 3.8) is 0 Å². The first-order chi connectivity index (χ1) is 9.85. The summed E-state index contributed by atoms with van der Waals surface area (Å²) in [5, 5.41) is 8.95. The van der Waals surface area contributed by atoms with Gasteiger partial charge < -0.3 is 14.7 Å². The van der Waals surface area contributed by atoms with Crippen molar-refractivity contribution in [3.8, 4) is 0 Å². The Morgan fingerprint density at radius 2 is 1.50 bits per heavy atom. The molecule has 0 saturated heterocycles. The van der Waals surface area contributed by atoms with Crippen molar-refractivity contribution < 1.29 is 14.6 Å². The topological polar surface area (TPSA) is 49.8 Å². The molecule has 0 unspecified atom stereocenters. The van der Waals surface area contributed by atoms with E-state index in [2.05, 4.69) is 16.6 Å². The summed E-state index contributed by atoms with van der Waals surface area (Å²) < 4.78 is 4.67. The normalized spacial score (nSPS) is 10.9. The lowest BCUT2D eigenvalue weighted by Crippen LogP contribution is -2.27. The second-order valence-corrected chi connectivity index (χ2v) is 5.36. The minimum atomic E-state index is 0.286. The van der Waals surface area contributed by atoms with Crippen LogP contribution in [0.25, 0.3) is 0 Å². The molecule has 0 fully saturated rings. The molecule has 0 radical (unpaired) electrons. The number of hydrogen-bond acceptors (Lipinski definition) is 4. The van der Waals surface area contributed by atoms with Gasteiger partial charge in [-0.2, -0.15) is 0 Å². The van der Waals surface area contributed by atoms with E-state index in [1.54, 1.807) is 0 Å². The number of carbonyl (C=O) groups excluding carboxylic acids is 1. The fraction of sp³-hybridized carbons (Fsp3) is 0.938. The van der Waals surface area contributed by atoms with E-state index < -0.39 is 0 Å². The van der Waals surface area contributed by atoms with Gasteiger partial charge in [0, 0.05) is 13.2 Å². The molecule has 0 heterocycles. The number of aliphatic hydroxyl groups is 1. The maximum Gasteiger partial charge on any atom is 0.293 e. The molecule has 1 N–H and O–H groups in total. The molecule has 0 aromatic carbocycles. The zero-order valence-electron chi connectivity index (χ0n) is 13.2. The molecule has 0 aliphatic rings. The van der Waals surface area contributed by atoms with E-state index in [0.717, 1.165) is 38.9 Å². The van der Waals surface area contributed by atoms with Crippen LogP contribution < -0.4 is 0 Å². The van der Waals surface area contributed by atoms with Gasteiger partial charge in [-0.25, -0.2) is 0 Å². The molecule has 120 valence electrons. The second kappa shape index (κ2) is 16.4. The molecule has 0 bridgehead atoms. The molecule has 0 atom stereocenters. The molecule has 0 aromatic heterocycles. The molecule has 0 saturated carbocycles. The van der Waals surface area contributed by atoms with Gasteiger partial charge in [0.05, 0.1) is 6.61 Å². The van der Waals surface area contributed by atoms with Crippen LogP contribution in [-0.2, 0) is 9.53 Å². The summed E-state index contributed by atoms with van der Waals surface area (Å²) in [6.07, 6.45) is 10.5. The average molecular weight is 287 g/mol. The summed E-state index contributed by atoms with van der Waals surface area (Å²) >= 11 is 0. The van der Waals surface area contributed by atoms with Crippen LogP contribution >= 0.6 is 0 Å². The number of nitrogens with zero attached hydrogens (tertiary/aromatic N) is 1. The van der Waals surface area contributed by atoms with Gasteiger partial charge in [0.15, 0.2) is 0 Å². The highest BCUT2D eigenvalue weighted by Crippen LogP contribution is 2.06. The Bertz CT molecular complexity index is 200. The third-order valence-electron chi connectivity index (χ3n) is 3.51. The fourth-order valence-corrected chi connectivity index (χ4v) is 2.31. The third kappa shape index (κ3) is 13.8. The quantitative estimate of drug-likeness (QED) is 0.350. The van der Waals surface area contributed by atoms with Crippen LogP contribution in [0.15, 0.2) is 0 Å². The lowest BCUT2D eigenvalue weighted by molar-refractivity contribution is -0.128. The Balaban J connectivity index is 3.55. The maximum absolute atomic E-state index is 9.98. The summed E-state index contributed by atoms with van der Waals surface area (Å²) in [5.74, 6) is 0. The predicted octanol–water partition coefficient (Wildman–Crippen LogP) is 2.98. The van der Waals surface area contributed by atoms with Gasteiger partial charge in [0.2, 0.25) is 0 Å². The number of unbranched alkanes of at least 4 members (excludes halogenated alkanes) is 6. The standard InChI is InChI=1S/C16H33NO3/c1-2-3-4-7-11-17(13-10-14-18)12-8-5-6-9-15-20-16-19/h16,18H,2-15H2,1H3. The number of aliphatic hydroxyl groups excluding tert-OH is 1. The molecule has 4 heteroatoms. The lowest BCUT2D eigenvalue weighted by Gasteiger charge is -2.21. The van der Waals surface area contributed by atoms with Crippen LogP contribution in [0.1, 0.15) is 64.7 Å². The minimum Gasteiger partial charge on any atom is -0.468 e. The molecule has 0 rings (SSSR count). The zero-order chi connectivity index (χ0) is 14.9. The number of carbonyl (C=O) groups is 1. The highest BCUT2D eigenvalue weighted by Gasteiger charge is 2.04. The highest BCUT2D eigenvalue weighted by atomic mass is 16.5. The summed E-state index contributed by atoms with van der Waals surface area (Å²) in [5.41, 5.74) is 0. The van der Waals surface area contributed by atoms with Crippen LogP contribution in [0.3, 0.4) is 0 Å². The smallest absolute Gasteiger partial charge is 0.293 e. The van der Waals surface area contributed by atoms with Crippen molar-refractivity contribution in [2.24, 2.45) is 0 Å². The van der Waals surface area contributed by atoms with E-state index in [1.165, 1.54) is 38.5 Å². The van der Waals surface area contributed by atoms with Gasteiger partial charge in [0.25, 0.3) is 6.47 Å². The van der Waals surface area contributed by atoms with Gasteiger partial charge in [-0.3, -0.25) is 4.79 Å². The van der Waals surface area contributed by atoms with Crippen LogP contribution in [0.2, 0.25) is 0 Å². The van der Waals surface area contributed by atoms with Gasteiger partial charge in [-0.1, -0.05) is 39.0 Å². The number of ether oxygens (including phenoxy) is 1. The van der Waals surface area contributed by atoms with E-state index in [1.807, 2.05) is 0 Å². The Labute approximate surface area is 124 Å². The minimum absolute atomic E-state index is 0.286. The summed E-state index contributed by atoms with van der Waals surface area (Å²) in [6.45, 7) is 6.89. The van der Waals surface area contributed by atoms with Crippen molar-refractivity contribution in [3.05, 3.63) is 0 Å². The van der Waals surface area contributed by atoms with Crippen molar-refractivity contribution in [2.75, 3.05) is 32.8 Å². The van der Waals surface area contributed by atoms with E-state index >= 15 is 0 Å². The van der Waals surface area contributed by atoms with Crippen LogP contribution in [0.5, 0.6) is 0 Å². The first-order valence-electron chi connectivity index (χ1n) is 8.23. The first-order valence-corrected chi connectivity index (χ1v) is 8.23. The van der Waals surface area contributed by atoms with Crippen molar-refractivity contribution in [1.82, 2.24) is 4.90 Å². The second-order valence-electron chi connectivity index (χ2n) is 5.36. The summed E-state index contributed by atoms with van der Waals surface area (Å²) in [4.78, 5) is 12.5. The van der Waals surface area contributed by atoms with Gasteiger partial charge in [0.1, 0.15) is 0 Å². The predicted molar refractivity (Wildman–Crippen MR) is 82.8 cm³/mol. The molecular formula is C16H33NO3. The Hall–Kier alpha value is -0.610. The molecule has 0 aliphatic heterocycles. The molecular weight excluding hydrogens is 254 g/mol. The molecule has 20 heavy (non-hydrogen) atoms. The average Bonchev–Trinajstić information content (AvgIpc) is 2.47. The highest BCUT2D eigenvalue weighted by molar-refractivity contribution is 5.36. The number of hydrogen-bond donors (Lipinski definition) is 1. The molecule has 0 spiro atoms. The van der Waals surface area contributed by atoms with Gasteiger partial charge in [-0.05, 0) is 38.8 Å². The van der Waals surface area contributed by atoms with E-state index in [0.29, 0.717) is 13.1 Å². The fourth-order valence-electron chi connectivity index (χ4n) is 2.31. The molecule has 0 aromatic rings. The SMILES string of the molecule is CCCCCCN(CCCO)CCCCCCOC=O. The Morgan fingerprint density at radius 1 is 0.900 bits per heavy atom. The lowest BCUT2D eigenvalue weighted by atomic mass is 10.1. The zero-order valence-corrected chi connectivity index (χ0v) is 13.2. The Morgan fingerprint density at radius 3 is 2.10 bits per heavy atom. The van der Waals surface area contributed by atoms with Gasteiger partial charge in [-0.15, -0.1) is 0 Å².